The zero-order valence-electron chi connectivity index (χ0n) is 24.4. The highest BCUT2D eigenvalue weighted by molar-refractivity contribution is 5.83. The van der Waals surface area contributed by atoms with Crippen molar-refractivity contribution in [2.24, 2.45) is 0 Å². The molecule has 3 heterocycles. The van der Waals surface area contributed by atoms with Crippen LogP contribution in [0, 0.1) is 20.8 Å². The van der Waals surface area contributed by atoms with E-state index in [9.17, 15) is 9.90 Å². The fourth-order valence-electron chi connectivity index (χ4n) is 5.47. The number of rotatable bonds is 10. The van der Waals surface area contributed by atoms with Gasteiger partial charge in [0.15, 0.2) is 0 Å². The minimum Gasteiger partial charge on any atom is -0.506 e. The van der Waals surface area contributed by atoms with Crippen LogP contribution in [0.25, 0.3) is 11.0 Å². The monoisotopic (exact) mass is 556 g/mol. The summed E-state index contributed by atoms with van der Waals surface area (Å²) in [6.45, 7) is 11.4. The van der Waals surface area contributed by atoms with Crippen LogP contribution in [0.2, 0.25) is 0 Å². The number of nitrogens with one attached hydrogen (secondary N) is 2. The van der Waals surface area contributed by atoms with E-state index in [1.165, 1.54) is 5.56 Å². The quantitative estimate of drug-likeness (QED) is 0.230. The number of imidazole rings is 1. The molecule has 1 fully saturated rings. The molecule has 0 saturated carbocycles. The van der Waals surface area contributed by atoms with Crippen molar-refractivity contribution in [2.75, 3.05) is 36.9 Å². The van der Waals surface area contributed by atoms with Gasteiger partial charge < -0.3 is 25.0 Å². The molecule has 1 aliphatic rings. The Morgan fingerprint density at radius 3 is 2.63 bits per heavy atom. The molecule has 9 nitrogen and oxygen atoms in total. The van der Waals surface area contributed by atoms with Gasteiger partial charge in [-0.15, -0.1) is 0 Å². The number of nitrogens with zero attached hydrogens (tertiary/aromatic N) is 4. The van der Waals surface area contributed by atoms with Crippen molar-refractivity contribution in [3.05, 3.63) is 76.6 Å². The lowest BCUT2D eigenvalue weighted by atomic mass is 10.1. The molecule has 2 aromatic carbocycles. The van der Waals surface area contributed by atoms with Crippen molar-refractivity contribution in [2.45, 2.75) is 59.7 Å². The molecule has 5 rings (SSSR count). The van der Waals surface area contributed by atoms with E-state index in [0.29, 0.717) is 31.9 Å². The van der Waals surface area contributed by atoms with E-state index >= 15 is 0 Å². The summed E-state index contributed by atoms with van der Waals surface area (Å²) in [5.41, 5.74) is 7.93. The molecule has 0 atom stereocenters. The summed E-state index contributed by atoms with van der Waals surface area (Å²) in [7, 11) is 0. The van der Waals surface area contributed by atoms with Crippen LogP contribution in [-0.2, 0) is 22.6 Å². The number of hydrogen-bond acceptors (Lipinski definition) is 8. The zero-order chi connectivity index (χ0) is 28.9. The molecule has 0 aliphatic carbocycles. The summed E-state index contributed by atoms with van der Waals surface area (Å²) in [6.07, 6.45) is 1.78. The summed E-state index contributed by atoms with van der Waals surface area (Å²) in [5, 5.41) is 17.9. The number of benzene rings is 2. The predicted molar refractivity (Wildman–Crippen MR) is 162 cm³/mol. The highest BCUT2D eigenvalue weighted by Crippen LogP contribution is 2.29. The molecule has 0 spiro atoms. The van der Waals surface area contributed by atoms with Gasteiger partial charge in [-0.25, -0.2) is 4.98 Å². The van der Waals surface area contributed by atoms with Gasteiger partial charge in [0.2, 0.25) is 5.95 Å². The largest absolute Gasteiger partial charge is 0.506 e. The van der Waals surface area contributed by atoms with Crippen LogP contribution in [0.5, 0.6) is 5.75 Å². The third-order valence-corrected chi connectivity index (χ3v) is 7.60. The Bertz CT molecular complexity index is 1520. The van der Waals surface area contributed by atoms with Gasteiger partial charge in [0, 0.05) is 37.1 Å². The maximum absolute atomic E-state index is 11.9. The van der Waals surface area contributed by atoms with Crippen LogP contribution < -0.4 is 10.6 Å². The van der Waals surface area contributed by atoms with Crippen molar-refractivity contribution in [1.82, 2.24) is 19.4 Å². The fraction of sp³-hybridized carbons (Fsp3) is 0.406. The molecule has 1 aliphatic heterocycles. The normalized spacial score (nSPS) is 14.3. The van der Waals surface area contributed by atoms with E-state index in [0.717, 1.165) is 65.4 Å². The van der Waals surface area contributed by atoms with Crippen LogP contribution in [0.15, 0.2) is 48.5 Å². The second kappa shape index (κ2) is 12.6. The zero-order valence-corrected chi connectivity index (χ0v) is 24.4. The number of carbonyl (C=O) groups excluding carboxylic acids is 1. The van der Waals surface area contributed by atoms with Gasteiger partial charge in [-0.1, -0.05) is 18.2 Å². The maximum atomic E-state index is 11.9. The average molecular weight is 557 g/mol. The Morgan fingerprint density at radius 1 is 1.07 bits per heavy atom. The number of carbonyl (C=O) groups is 1. The molecule has 216 valence electrons. The highest BCUT2D eigenvalue weighted by Gasteiger charge is 2.24. The van der Waals surface area contributed by atoms with Crippen molar-refractivity contribution in [3.63, 3.8) is 0 Å². The summed E-state index contributed by atoms with van der Waals surface area (Å²) < 4.78 is 7.25. The first-order valence-corrected chi connectivity index (χ1v) is 14.4. The Hall–Kier alpha value is -4.11. The van der Waals surface area contributed by atoms with Crippen LogP contribution in [-0.4, -0.2) is 62.8 Å². The molecule has 0 radical (unpaired) electrons. The van der Waals surface area contributed by atoms with E-state index in [1.807, 2.05) is 19.9 Å². The number of aryl methyl sites for hydroxylation is 3. The highest BCUT2D eigenvalue weighted by atomic mass is 16.5. The lowest BCUT2D eigenvalue weighted by Gasteiger charge is -2.31. The second-order valence-corrected chi connectivity index (χ2v) is 10.9. The minimum atomic E-state index is -0.172. The molecule has 2 aromatic heterocycles. The topological polar surface area (TPSA) is 105 Å². The molecule has 0 unspecified atom stereocenters. The summed E-state index contributed by atoms with van der Waals surface area (Å²) >= 11 is 0. The molecule has 4 aromatic rings. The van der Waals surface area contributed by atoms with Gasteiger partial charge in [-0.05, 0) is 87.6 Å². The number of piperidine rings is 1. The number of likely N-dealkylation sites (tertiary alicyclic amines) is 1. The van der Waals surface area contributed by atoms with Crippen molar-refractivity contribution >= 4 is 28.6 Å². The molecule has 3 N–H and O–H groups in total. The van der Waals surface area contributed by atoms with Gasteiger partial charge in [-0.2, -0.15) is 0 Å². The molecule has 9 heteroatoms. The van der Waals surface area contributed by atoms with Crippen molar-refractivity contribution in [3.8, 4) is 5.75 Å². The van der Waals surface area contributed by atoms with Crippen LogP contribution in [0.4, 0.5) is 11.6 Å². The smallest absolute Gasteiger partial charge is 0.320 e. The van der Waals surface area contributed by atoms with Gasteiger partial charge in [-0.3, -0.25) is 14.7 Å². The van der Waals surface area contributed by atoms with Crippen LogP contribution in [0.1, 0.15) is 47.8 Å². The fourth-order valence-corrected chi connectivity index (χ4v) is 5.47. The van der Waals surface area contributed by atoms with E-state index < -0.39 is 0 Å². The standard InChI is InChI=1S/C32H40N6O3/c1-5-41-30(40)20-37-13-11-25(12-14-37)35-32-36-31-22(3)16-24(18-33-26-8-6-7-21(2)15-26)17-28(31)38(32)19-27-29(39)10-9-23(4)34-27/h6-10,15-17,25,33,39H,5,11-14,18-20H2,1-4H3,(H,35,36). The minimum absolute atomic E-state index is 0.171. The third-order valence-electron chi connectivity index (χ3n) is 7.60. The first-order valence-electron chi connectivity index (χ1n) is 14.4. The van der Waals surface area contributed by atoms with Crippen LogP contribution >= 0.6 is 0 Å². The first kappa shape index (κ1) is 28.4. The van der Waals surface area contributed by atoms with Crippen LogP contribution in [0.3, 0.4) is 0 Å². The lowest BCUT2D eigenvalue weighted by molar-refractivity contribution is -0.144. The predicted octanol–water partition coefficient (Wildman–Crippen LogP) is 5.16. The van der Waals surface area contributed by atoms with E-state index in [4.69, 9.17) is 9.72 Å². The number of anilines is 2. The van der Waals surface area contributed by atoms with Crippen molar-refractivity contribution < 1.29 is 14.6 Å². The Morgan fingerprint density at radius 2 is 1.88 bits per heavy atom. The molecular formula is C32H40N6O3. The van der Waals surface area contributed by atoms with E-state index in [2.05, 4.69) is 75.3 Å². The molecule has 0 bridgehead atoms. The number of pyridine rings is 1. The number of ether oxygens (including phenoxy) is 1. The first-order chi connectivity index (χ1) is 19.8. The summed E-state index contributed by atoms with van der Waals surface area (Å²) in [6, 6.07) is 16.5. The number of aromatic hydroxyl groups is 1. The Kier molecular flexibility index (Phi) is 8.73. The maximum Gasteiger partial charge on any atom is 0.320 e. The SMILES string of the molecule is CCOC(=O)CN1CCC(Nc2nc3c(C)cc(CNc4cccc(C)c4)cc3n2Cc2nc(C)ccc2O)CC1. The Balaban J connectivity index is 1.41. The number of esters is 1. The summed E-state index contributed by atoms with van der Waals surface area (Å²) in [4.78, 5) is 23.8. The molecular weight excluding hydrogens is 516 g/mol. The molecule has 41 heavy (non-hydrogen) atoms. The Labute approximate surface area is 241 Å². The lowest BCUT2D eigenvalue weighted by Crippen LogP contribution is -2.42. The molecule has 1 saturated heterocycles. The van der Waals surface area contributed by atoms with Crippen molar-refractivity contribution in [1.29, 1.82) is 0 Å². The number of hydrogen-bond donors (Lipinski definition) is 3. The third kappa shape index (κ3) is 6.97. The van der Waals surface area contributed by atoms with E-state index in [-0.39, 0.29) is 17.8 Å². The summed E-state index contributed by atoms with van der Waals surface area (Å²) in [5.74, 6) is 0.762. The van der Waals surface area contributed by atoms with Gasteiger partial charge in [0.1, 0.15) is 11.4 Å². The number of fused-ring (bicyclic) bond motifs is 1. The van der Waals surface area contributed by atoms with E-state index in [1.54, 1.807) is 6.07 Å². The van der Waals surface area contributed by atoms with Gasteiger partial charge in [0.25, 0.3) is 0 Å². The second-order valence-electron chi connectivity index (χ2n) is 10.9. The van der Waals surface area contributed by atoms with Gasteiger partial charge >= 0.3 is 5.97 Å². The number of aromatic nitrogens is 3. The average Bonchev–Trinajstić information content (AvgIpc) is 3.28. The van der Waals surface area contributed by atoms with Gasteiger partial charge in [0.05, 0.1) is 30.7 Å². The molecule has 0 amide bonds.